The number of rotatable bonds is 6. The van der Waals surface area contributed by atoms with E-state index < -0.39 is 5.97 Å². The van der Waals surface area contributed by atoms with Crippen LogP contribution in [-0.2, 0) is 11.3 Å². The molecule has 0 aliphatic carbocycles. The highest BCUT2D eigenvalue weighted by Gasteiger charge is 2.13. The second-order valence-electron chi connectivity index (χ2n) is 5.79. The zero-order chi connectivity index (χ0) is 19.1. The lowest BCUT2D eigenvalue weighted by Crippen LogP contribution is -2.12. The van der Waals surface area contributed by atoms with Gasteiger partial charge in [-0.25, -0.2) is 4.79 Å². The maximum Gasteiger partial charge on any atom is 0.342 e. The minimum absolute atomic E-state index is 0.109. The molecule has 0 heterocycles. The van der Waals surface area contributed by atoms with Crippen molar-refractivity contribution >= 4 is 17.6 Å². The molecule has 136 valence electrons. The van der Waals surface area contributed by atoms with Crippen LogP contribution in [0.15, 0.2) is 78.9 Å². The molecule has 3 rings (SSSR count). The van der Waals surface area contributed by atoms with Gasteiger partial charge in [0.15, 0.2) is 0 Å². The first-order valence-corrected chi connectivity index (χ1v) is 8.43. The third-order valence-corrected chi connectivity index (χ3v) is 3.94. The van der Waals surface area contributed by atoms with Crippen LogP contribution in [0.1, 0.15) is 26.3 Å². The molecule has 0 fully saturated rings. The van der Waals surface area contributed by atoms with E-state index in [0.29, 0.717) is 16.9 Å². The minimum Gasteiger partial charge on any atom is -0.496 e. The molecule has 0 unspecified atom stereocenters. The van der Waals surface area contributed by atoms with E-state index in [4.69, 9.17) is 9.47 Å². The largest absolute Gasteiger partial charge is 0.496 e. The lowest BCUT2D eigenvalue weighted by Gasteiger charge is -2.09. The average Bonchev–Trinajstić information content (AvgIpc) is 2.73. The van der Waals surface area contributed by atoms with Gasteiger partial charge in [0.2, 0.25) is 0 Å². The predicted molar refractivity (Wildman–Crippen MR) is 103 cm³/mol. The molecule has 0 aliphatic heterocycles. The first-order valence-electron chi connectivity index (χ1n) is 8.43. The highest BCUT2D eigenvalue weighted by atomic mass is 16.5. The molecule has 3 aromatic rings. The van der Waals surface area contributed by atoms with Crippen LogP contribution in [0.25, 0.3) is 0 Å². The maximum absolute atomic E-state index is 12.2. The fourth-order valence-electron chi connectivity index (χ4n) is 2.52. The molecule has 1 N–H and O–H groups in total. The van der Waals surface area contributed by atoms with Gasteiger partial charge in [-0.05, 0) is 42.0 Å². The van der Waals surface area contributed by atoms with Crippen molar-refractivity contribution in [2.75, 3.05) is 12.4 Å². The SMILES string of the molecule is COc1ccccc1C(=O)OCc1ccc(C(=O)Nc2ccccc2)cc1. The molecule has 3 aromatic carbocycles. The fraction of sp³-hybridized carbons (Fsp3) is 0.0909. The van der Waals surface area contributed by atoms with Gasteiger partial charge in [-0.3, -0.25) is 4.79 Å². The number of carbonyl (C=O) groups excluding carboxylic acids is 2. The number of carbonyl (C=O) groups is 2. The number of anilines is 1. The van der Waals surface area contributed by atoms with Crippen LogP contribution in [0.3, 0.4) is 0 Å². The minimum atomic E-state index is -0.460. The van der Waals surface area contributed by atoms with E-state index >= 15 is 0 Å². The van der Waals surface area contributed by atoms with Gasteiger partial charge in [0.05, 0.1) is 7.11 Å². The molecule has 0 aliphatic rings. The van der Waals surface area contributed by atoms with Crippen molar-refractivity contribution in [2.24, 2.45) is 0 Å². The summed E-state index contributed by atoms with van der Waals surface area (Å²) in [5, 5.41) is 2.82. The number of hydrogen-bond donors (Lipinski definition) is 1. The van der Waals surface area contributed by atoms with Crippen molar-refractivity contribution < 1.29 is 19.1 Å². The normalized spacial score (nSPS) is 10.1. The maximum atomic E-state index is 12.2. The van der Waals surface area contributed by atoms with E-state index in [1.807, 2.05) is 30.3 Å². The van der Waals surface area contributed by atoms with Gasteiger partial charge in [0.25, 0.3) is 5.91 Å². The van der Waals surface area contributed by atoms with Crippen LogP contribution in [0.5, 0.6) is 5.75 Å². The Bertz CT molecular complexity index is 921. The molecule has 1 amide bonds. The summed E-state index contributed by atoms with van der Waals surface area (Å²) in [7, 11) is 1.51. The monoisotopic (exact) mass is 361 g/mol. The number of nitrogens with one attached hydrogen (secondary N) is 1. The van der Waals surface area contributed by atoms with Crippen LogP contribution in [-0.4, -0.2) is 19.0 Å². The van der Waals surface area contributed by atoms with E-state index in [9.17, 15) is 9.59 Å². The summed E-state index contributed by atoms with van der Waals surface area (Å²) in [6.45, 7) is 0.109. The second-order valence-corrected chi connectivity index (χ2v) is 5.79. The average molecular weight is 361 g/mol. The van der Waals surface area contributed by atoms with E-state index in [2.05, 4.69) is 5.32 Å². The van der Waals surface area contributed by atoms with E-state index in [-0.39, 0.29) is 12.5 Å². The summed E-state index contributed by atoms with van der Waals surface area (Å²) in [4.78, 5) is 24.4. The van der Waals surface area contributed by atoms with Crippen LogP contribution in [0, 0.1) is 0 Å². The van der Waals surface area contributed by atoms with Crippen LogP contribution in [0.2, 0.25) is 0 Å². The molecule has 5 nitrogen and oxygen atoms in total. The molecule has 0 radical (unpaired) electrons. The van der Waals surface area contributed by atoms with Gasteiger partial charge in [-0.1, -0.05) is 42.5 Å². The molecule has 0 atom stereocenters. The van der Waals surface area contributed by atoms with Gasteiger partial charge in [0, 0.05) is 11.3 Å². The standard InChI is InChI=1S/C22H19NO4/c1-26-20-10-6-5-9-19(20)22(25)27-15-16-11-13-17(14-12-16)21(24)23-18-7-3-2-4-8-18/h2-14H,15H2,1H3,(H,23,24). The number of hydrogen-bond acceptors (Lipinski definition) is 4. The predicted octanol–water partition coefficient (Wildman–Crippen LogP) is 4.30. The Kier molecular flexibility index (Phi) is 5.84. The zero-order valence-electron chi connectivity index (χ0n) is 14.8. The first kappa shape index (κ1) is 18.2. The molecule has 5 heteroatoms. The van der Waals surface area contributed by atoms with Gasteiger partial charge in [-0.2, -0.15) is 0 Å². The Hall–Kier alpha value is -3.60. The van der Waals surface area contributed by atoms with Gasteiger partial charge in [0.1, 0.15) is 17.9 Å². The van der Waals surface area contributed by atoms with Crippen molar-refractivity contribution in [3.63, 3.8) is 0 Å². The van der Waals surface area contributed by atoms with E-state index in [1.165, 1.54) is 7.11 Å². The van der Waals surface area contributed by atoms with Crippen molar-refractivity contribution in [1.82, 2.24) is 0 Å². The molecule has 0 bridgehead atoms. The highest BCUT2D eigenvalue weighted by molar-refractivity contribution is 6.04. The van der Waals surface area contributed by atoms with Gasteiger partial charge < -0.3 is 14.8 Å². The van der Waals surface area contributed by atoms with Crippen molar-refractivity contribution in [1.29, 1.82) is 0 Å². The molecule has 0 aromatic heterocycles. The van der Waals surface area contributed by atoms with Gasteiger partial charge >= 0.3 is 5.97 Å². The summed E-state index contributed by atoms with van der Waals surface area (Å²) in [6.07, 6.45) is 0. The van der Waals surface area contributed by atoms with E-state index in [0.717, 1.165) is 11.3 Å². The smallest absolute Gasteiger partial charge is 0.342 e. The van der Waals surface area contributed by atoms with Crippen molar-refractivity contribution in [3.8, 4) is 5.75 Å². The third-order valence-electron chi connectivity index (χ3n) is 3.94. The Balaban J connectivity index is 1.59. The summed E-state index contributed by atoms with van der Waals surface area (Å²) in [5.74, 6) is -0.187. The number of benzene rings is 3. The van der Waals surface area contributed by atoms with Crippen molar-refractivity contribution in [3.05, 3.63) is 95.6 Å². The molecule has 0 saturated heterocycles. The molecular weight excluding hydrogens is 342 g/mol. The molecular formula is C22H19NO4. The highest BCUT2D eigenvalue weighted by Crippen LogP contribution is 2.19. The number of amides is 1. The number of ether oxygens (including phenoxy) is 2. The second kappa shape index (κ2) is 8.67. The Labute approximate surface area is 157 Å². The zero-order valence-corrected chi connectivity index (χ0v) is 14.8. The fourth-order valence-corrected chi connectivity index (χ4v) is 2.52. The lowest BCUT2D eigenvalue weighted by molar-refractivity contribution is 0.0469. The summed E-state index contributed by atoms with van der Waals surface area (Å²) >= 11 is 0. The molecule has 0 spiro atoms. The Morgan fingerprint density at radius 3 is 2.22 bits per heavy atom. The number of esters is 1. The van der Waals surface area contributed by atoms with Crippen molar-refractivity contribution in [2.45, 2.75) is 6.61 Å². The molecule has 27 heavy (non-hydrogen) atoms. The quantitative estimate of drug-likeness (QED) is 0.665. The summed E-state index contributed by atoms with van der Waals surface area (Å²) in [6, 6.07) is 23.1. The van der Waals surface area contributed by atoms with Crippen LogP contribution < -0.4 is 10.1 Å². The van der Waals surface area contributed by atoms with Gasteiger partial charge in [-0.15, -0.1) is 0 Å². The Morgan fingerprint density at radius 2 is 1.52 bits per heavy atom. The summed E-state index contributed by atoms with van der Waals surface area (Å²) < 4.78 is 10.5. The topological polar surface area (TPSA) is 64.6 Å². The van der Waals surface area contributed by atoms with Crippen LogP contribution in [0.4, 0.5) is 5.69 Å². The number of methoxy groups -OCH3 is 1. The lowest BCUT2D eigenvalue weighted by atomic mass is 10.1. The van der Waals surface area contributed by atoms with E-state index in [1.54, 1.807) is 48.5 Å². The Morgan fingerprint density at radius 1 is 0.852 bits per heavy atom. The third kappa shape index (κ3) is 4.73. The van der Waals surface area contributed by atoms with Crippen LogP contribution >= 0.6 is 0 Å². The summed E-state index contributed by atoms with van der Waals surface area (Å²) in [5.41, 5.74) is 2.42. The number of para-hydroxylation sites is 2. The molecule has 0 saturated carbocycles. The first-order chi connectivity index (χ1) is 13.2.